The highest BCUT2D eigenvalue weighted by Gasteiger charge is 2.20. The molecule has 8 heteroatoms. The normalized spacial score (nSPS) is 10.3. The first kappa shape index (κ1) is 14.6. The van der Waals surface area contributed by atoms with Crippen LogP contribution < -0.4 is 5.32 Å². The number of imidazole rings is 1. The van der Waals surface area contributed by atoms with Crippen LogP contribution in [-0.2, 0) is 6.42 Å². The van der Waals surface area contributed by atoms with Crippen molar-refractivity contribution in [3.63, 3.8) is 0 Å². The second kappa shape index (κ2) is 6.60. The lowest BCUT2D eigenvalue weighted by Gasteiger charge is -2.05. The van der Waals surface area contributed by atoms with E-state index in [1.807, 2.05) is 0 Å². The maximum atomic E-state index is 13.0. The van der Waals surface area contributed by atoms with Crippen LogP contribution >= 0.6 is 0 Å². The quantitative estimate of drug-likeness (QED) is 0.481. The Kier molecular flexibility index (Phi) is 4.60. The third-order valence-corrected chi connectivity index (χ3v) is 2.83. The zero-order valence-electron chi connectivity index (χ0n) is 11.0. The third-order valence-electron chi connectivity index (χ3n) is 2.83. The molecule has 1 heterocycles. The van der Waals surface area contributed by atoms with Gasteiger partial charge in [0.15, 0.2) is 0 Å². The number of hydrogen-bond acceptors (Lipinski definition) is 4. The first-order valence-electron chi connectivity index (χ1n) is 6.28. The molecule has 0 saturated heterocycles. The maximum absolute atomic E-state index is 13.0. The first-order valence-corrected chi connectivity index (χ1v) is 6.28. The van der Waals surface area contributed by atoms with E-state index in [2.05, 4.69) is 15.3 Å². The predicted molar refractivity (Wildman–Crippen MR) is 72.3 cm³/mol. The number of nitro benzene ring substituents is 1. The summed E-state index contributed by atoms with van der Waals surface area (Å²) in [5.41, 5.74) is -0.696. The SMILES string of the molecule is O=C(NCCCc1ncc[nH]1)c1ccc(F)cc1[N+](=O)[O-]. The topological polar surface area (TPSA) is 101 Å². The number of carbonyl (C=O) groups excluding carboxylic acids is 1. The van der Waals surface area contributed by atoms with Crippen molar-refractivity contribution in [2.24, 2.45) is 0 Å². The number of aromatic nitrogens is 2. The number of hydrogen-bond donors (Lipinski definition) is 2. The van der Waals surface area contributed by atoms with Gasteiger partial charge in [0.25, 0.3) is 11.6 Å². The van der Waals surface area contributed by atoms with E-state index in [-0.39, 0.29) is 5.56 Å². The molecule has 1 aromatic heterocycles. The van der Waals surface area contributed by atoms with Gasteiger partial charge in [-0.2, -0.15) is 0 Å². The Morgan fingerprint density at radius 1 is 1.48 bits per heavy atom. The summed E-state index contributed by atoms with van der Waals surface area (Å²) < 4.78 is 13.0. The van der Waals surface area contributed by atoms with Gasteiger partial charge in [0, 0.05) is 25.4 Å². The van der Waals surface area contributed by atoms with Crippen molar-refractivity contribution < 1.29 is 14.1 Å². The van der Waals surface area contributed by atoms with Gasteiger partial charge in [-0.15, -0.1) is 0 Å². The monoisotopic (exact) mass is 292 g/mol. The van der Waals surface area contributed by atoms with Gasteiger partial charge in [-0.3, -0.25) is 14.9 Å². The molecule has 21 heavy (non-hydrogen) atoms. The van der Waals surface area contributed by atoms with Crippen LogP contribution in [0.25, 0.3) is 0 Å². The predicted octanol–water partition coefficient (Wildman–Crippen LogP) is 1.82. The Morgan fingerprint density at radius 2 is 2.29 bits per heavy atom. The van der Waals surface area contributed by atoms with Crippen LogP contribution in [0.15, 0.2) is 30.6 Å². The van der Waals surface area contributed by atoms with Gasteiger partial charge < -0.3 is 10.3 Å². The average molecular weight is 292 g/mol. The number of amides is 1. The van der Waals surface area contributed by atoms with Crippen molar-refractivity contribution in [2.45, 2.75) is 12.8 Å². The molecule has 0 aliphatic rings. The average Bonchev–Trinajstić information content (AvgIpc) is 2.96. The molecule has 2 N–H and O–H groups in total. The molecule has 0 fully saturated rings. The molecular weight excluding hydrogens is 279 g/mol. The second-order valence-corrected chi connectivity index (χ2v) is 4.31. The number of rotatable bonds is 6. The Bertz CT molecular complexity index is 643. The van der Waals surface area contributed by atoms with Crippen molar-refractivity contribution in [1.82, 2.24) is 15.3 Å². The van der Waals surface area contributed by atoms with E-state index in [0.717, 1.165) is 24.0 Å². The molecule has 110 valence electrons. The largest absolute Gasteiger partial charge is 0.352 e. The van der Waals surface area contributed by atoms with E-state index in [1.54, 1.807) is 12.4 Å². The van der Waals surface area contributed by atoms with Crippen molar-refractivity contribution in [3.05, 3.63) is 57.9 Å². The molecule has 0 radical (unpaired) electrons. The minimum absolute atomic E-state index is 0.153. The van der Waals surface area contributed by atoms with Crippen molar-refractivity contribution >= 4 is 11.6 Å². The van der Waals surface area contributed by atoms with Gasteiger partial charge >= 0.3 is 0 Å². The zero-order chi connectivity index (χ0) is 15.2. The van der Waals surface area contributed by atoms with Crippen LogP contribution in [0.3, 0.4) is 0 Å². The molecule has 0 unspecified atom stereocenters. The highest BCUT2D eigenvalue weighted by Crippen LogP contribution is 2.19. The second-order valence-electron chi connectivity index (χ2n) is 4.31. The summed E-state index contributed by atoms with van der Waals surface area (Å²) in [6, 6.07) is 2.86. The Hall–Kier alpha value is -2.77. The number of carbonyl (C=O) groups is 1. The van der Waals surface area contributed by atoms with Gasteiger partial charge in [0.1, 0.15) is 17.2 Å². The number of halogens is 1. The number of nitrogens with zero attached hydrogens (tertiary/aromatic N) is 2. The fraction of sp³-hybridized carbons (Fsp3) is 0.231. The summed E-state index contributed by atoms with van der Waals surface area (Å²) in [7, 11) is 0. The molecule has 0 aliphatic carbocycles. The van der Waals surface area contributed by atoms with Crippen LogP contribution in [0.4, 0.5) is 10.1 Å². The Balaban J connectivity index is 1.92. The molecule has 0 saturated carbocycles. The van der Waals surface area contributed by atoms with Gasteiger partial charge in [-0.25, -0.2) is 9.37 Å². The van der Waals surface area contributed by atoms with Crippen LogP contribution in [-0.4, -0.2) is 27.3 Å². The molecule has 7 nitrogen and oxygen atoms in total. The van der Waals surface area contributed by atoms with Crippen LogP contribution in [0.2, 0.25) is 0 Å². The number of nitro groups is 1. The lowest BCUT2D eigenvalue weighted by Crippen LogP contribution is -2.25. The molecule has 2 aromatic rings. The van der Waals surface area contributed by atoms with Crippen molar-refractivity contribution in [2.75, 3.05) is 6.54 Å². The van der Waals surface area contributed by atoms with E-state index < -0.39 is 22.3 Å². The van der Waals surface area contributed by atoms with Crippen molar-refractivity contribution in [1.29, 1.82) is 0 Å². The fourth-order valence-corrected chi connectivity index (χ4v) is 1.84. The lowest BCUT2D eigenvalue weighted by atomic mass is 10.1. The van der Waals surface area contributed by atoms with E-state index in [1.165, 1.54) is 0 Å². The molecule has 1 amide bonds. The van der Waals surface area contributed by atoms with Crippen LogP contribution in [0.1, 0.15) is 22.6 Å². The summed E-state index contributed by atoms with van der Waals surface area (Å²) >= 11 is 0. The summed E-state index contributed by atoms with van der Waals surface area (Å²) in [6.07, 6.45) is 4.62. The van der Waals surface area contributed by atoms with E-state index >= 15 is 0 Å². The zero-order valence-corrected chi connectivity index (χ0v) is 11.0. The molecule has 0 bridgehead atoms. The number of aryl methyl sites for hydroxylation is 1. The molecule has 0 atom stereocenters. The summed E-state index contributed by atoms with van der Waals surface area (Å²) in [5, 5.41) is 13.4. The van der Waals surface area contributed by atoms with Crippen molar-refractivity contribution in [3.8, 4) is 0 Å². The highest BCUT2D eigenvalue weighted by molar-refractivity contribution is 5.98. The van der Waals surface area contributed by atoms with Gasteiger partial charge in [-0.05, 0) is 18.6 Å². The molecule has 1 aromatic carbocycles. The summed E-state index contributed by atoms with van der Waals surface area (Å²) in [6.45, 7) is 0.341. The van der Waals surface area contributed by atoms with Crippen LogP contribution in [0, 0.1) is 15.9 Å². The molecule has 0 aliphatic heterocycles. The minimum Gasteiger partial charge on any atom is -0.352 e. The Morgan fingerprint density at radius 3 is 2.95 bits per heavy atom. The van der Waals surface area contributed by atoms with E-state index in [0.29, 0.717) is 19.4 Å². The summed E-state index contributed by atoms with van der Waals surface area (Å²) in [5.74, 6) is -0.547. The highest BCUT2D eigenvalue weighted by atomic mass is 19.1. The van der Waals surface area contributed by atoms with Crippen LogP contribution in [0.5, 0.6) is 0 Å². The summed E-state index contributed by atoms with van der Waals surface area (Å²) in [4.78, 5) is 28.9. The maximum Gasteiger partial charge on any atom is 0.285 e. The minimum atomic E-state index is -0.777. The number of aromatic amines is 1. The fourth-order valence-electron chi connectivity index (χ4n) is 1.84. The number of benzene rings is 1. The van der Waals surface area contributed by atoms with Gasteiger partial charge in [-0.1, -0.05) is 0 Å². The third kappa shape index (κ3) is 3.85. The molecule has 0 spiro atoms. The smallest absolute Gasteiger partial charge is 0.285 e. The first-order chi connectivity index (χ1) is 10.1. The molecular formula is C13H13FN4O3. The standard InChI is InChI=1S/C13H13FN4O3/c14-9-3-4-10(11(8-9)18(20)21)13(19)17-5-1-2-12-15-6-7-16-12/h3-4,6-8H,1-2,5H2,(H,15,16)(H,17,19). The van der Waals surface area contributed by atoms with E-state index in [9.17, 15) is 19.3 Å². The van der Waals surface area contributed by atoms with Gasteiger partial charge in [0.05, 0.1) is 11.0 Å². The molecule has 2 rings (SSSR count). The van der Waals surface area contributed by atoms with E-state index in [4.69, 9.17) is 0 Å². The van der Waals surface area contributed by atoms with Gasteiger partial charge in [0.2, 0.25) is 0 Å². The lowest BCUT2D eigenvalue weighted by molar-refractivity contribution is -0.385. The Labute approximate surface area is 119 Å². The number of H-pyrrole nitrogens is 1. The number of nitrogens with one attached hydrogen (secondary N) is 2.